The van der Waals surface area contributed by atoms with E-state index in [2.05, 4.69) is 43.4 Å². The average Bonchev–Trinajstić information content (AvgIpc) is 3.12. The van der Waals surface area contributed by atoms with Gasteiger partial charge in [0, 0.05) is 19.4 Å². The summed E-state index contributed by atoms with van der Waals surface area (Å²) in [6.45, 7) is 3.36. The van der Waals surface area contributed by atoms with Crippen molar-refractivity contribution in [2.75, 3.05) is 26.4 Å². The van der Waals surface area contributed by atoms with E-state index in [0.717, 1.165) is 57.8 Å². The lowest BCUT2D eigenvalue weighted by Crippen LogP contribution is -2.29. The predicted molar refractivity (Wildman–Crippen MR) is 207 cm³/mol. The van der Waals surface area contributed by atoms with Crippen molar-refractivity contribution >= 4 is 19.8 Å². The van der Waals surface area contributed by atoms with Gasteiger partial charge in [-0.05, 0) is 57.8 Å². The summed E-state index contributed by atoms with van der Waals surface area (Å²) >= 11 is 0. The monoisotopic (exact) mass is 741 g/mol. The zero-order valence-corrected chi connectivity index (χ0v) is 32.8. The van der Waals surface area contributed by atoms with Crippen LogP contribution in [0.15, 0.2) is 48.6 Å². The van der Waals surface area contributed by atoms with Crippen LogP contribution in [0, 0.1) is 0 Å². The number of hydrogen-bond acceptors (Lipinski definition) is 9. The molecule has 0 aliphatic carbocycles. The molecule has 0 rings (SSSR count). The van der Waals surface area contributed by atoms with Gasteiger partial charge in [0.2, 0.25) is 0 Å². The molecule has 0 aliphatic rings. The molecule has 0 radical (unpaired) electrons. The molecule has 0 amide bonds. The third kappa shape index (κ3) is 36.1. The van der Waals surface area contributed by atoms with Gasteiger partial charge in [-0.25, -0.2) is 4.57 Å². The molecular formula is C40H72NO9P. The van der Waals surface area contributed by atoms with Gasteiger partial charge in [0.05, 0.1) is 19.3 Å². The zero-order valence-electron chi connectivity index (χ0n) is 31.9. The SMILES string of the molecule is CCCCCCCCCCCCCCC(=O)OC[C@H](COP(=O)(O)OCCN)OC(=O)CCC/C=C\C/C=C\C/C=C\C/C=C\CC[C@H](O)CC. The van der Waals surface area contributed by atoms with Gasteiger partial charge < -0.3 is 25.2 Å². The van der Waals surface area contributed by atoms with Gasteiger partial charge >= 0.3 is 19.8 Å². The third-order valence-electron chi connectivity index (χ3n) is 8.13. The van der Waals surface area contributed by atoms with E-state index in [1.807, 2.05) is 19.1 Å². The minimum Gasteiger partial charge on any atom is -0.462 e. The van der Waals surface area contributed by atoms with Crippen LogP contribution in [0.25, 0.3) is 0 Å². The fourth-order valence-corrected chi connectivity index (χ4v) is 5.78. The largest absolute Gasteiger partial charge is 0.472 e. The number of rotatable bonds is 36. The minimum atomic E-state index is -4.39. The first kappa shape index (κ1) is 48.9. The molecule has 0 aliphatic heterocycles. The van der Waals surface area contributed by atoms with Crippen LogP contribution in [0.4, 0.5) is 0 Å². The molecule has 10 nitrogen and oxygen atoms in total. The van der Waals surface area contributed by atoms with Gasteiger partial charge in [0.25, 0.3) is 0 Å². The highest BCUT2D eigenvalue weighted by Crippen LogP contribution is 2.43. The van der Waals surface area contributed by atoms with E-state index in [1.165, 1.54) is 57.8 Å². The summed E-state index contributed by atoms with van der Waals surface area (Å²) in [4.78, 5) is 34.7. The summed E-state index contributed by atoms with van der Waals surface area (Å²) in [7, 11) is -4.39. The first-order valence-corrected chi connectivity index (χ1v) is 21.2. The number of aliphatic hydroxyl groups excluding tert-OH is 1. The van der Waals surface area contributed by atoms with Crippen molar-refractivity contribution in [2.45, 2.75) is 167 Å². The molecule has 0 spiro atoms. The Morgan fingerprint density at radius 3 is 1.73 bits per heavy atom. The fraction of sp³-hybridized carbons (Fsp3) is 0.750. The van der Waals surface area contributed by atoms with Crippen molar-refractivity contribution in [3.63, 3.8) is 0 Å². The zero-order chi connectivity index (χ0) is 37.7. The summed E-state index contributed by atoms with van der Waals surface area (Å²) in [6.07, 6.45) is 36.6. The van der Waals surface area contributed by atoms with Crippen LogP contribution < -0.4 is 5.73 Å². The van der Waals surface area contributed by atoms with Gasteiger partial charge in [0.15, 0.2) is 6.10 Å². The van der Waals surface area contributed by atoms with Crippen molar-refractivity contribution in [1.82, 2.24) is 0 Å². The van der Waals surface area contributed by atoms with E-state index in [0.29, 0.717) is 12.8 Å². The molecule has 0 heterocycles. The lowest BCUT2D eigenvalue weighted by molar-refractivity contribution is -0.161. The summed E-state index contributed by atoms with van der Waals surface area (Å²) in [5, 5.41) is 9.54. The number of carbonyl (C=O) groups excluding carboxylic acids is 2. The van der Waals surface area contributed by atoms with Crippen LogP contribution in [-0.4, -0.2) is 60.5 Å². The molecular weight excluding hydrogens is 669 g/mol. The lowest BCUT2D eigenvalue weighted by Gasteiger charge is -2.19. The second-order valence-electron chi connectivity index (χ2n) is 12.9. The Morgan fingerprint density at radius 1 is 0.667 bits per heavy atom. The Labute approximate surface area is 309 Å². The number of allylic oxidation sites excluding steroid dienone is 8. The molecule has 0 aromatic heterocycles. The number of carbonyl (C=O) groups is 2. The standard InChI is InChI=1S/C40H72NO9P/c1-3-5-6-7-8-9-10-16-19-22-25-28-31-39(43)47-35-38(36-49-51(45,46)48-34-33-41)50-40(44)32-29-26-23-20-17-14-12-11-13-15-18-21-24-27-30-37(42)4-2/h12-15,20-21,23-24,37-38,42H,3-11,16-19,22,25-36,41H2,1-2H3,(H,45,46)/b14-12-,15-13-,23-20-,24-21-/t37-,38-/m1/s1. The smallest absolute Gasteiger partial charge is 0.462 e. The number of nitrogens with two attached hydrogens (primary N) is 1. The van der Waals surface area contributed by atoms with E-state index in [1.54, 1.807) is 0 Å². The van der Waals surface area contributed by atoms with Gasteiger partial charge in [0.1, 0.15) is 6.61 Å². The molecule has 11 heteroatoms. The normalized spacial score (nSPS) is 14.5. The van der Waals surface area contributed by atoms with Gasteiger partial charge in [-0.1, -0.05) is 133 Å². The average molecular weight is 742 g/mol. The molecule has 3 atom stereocenters. The van der Waals surface area contributed by atoms with Crippen LogP contribution in [0.3, 0.4) is 0 Å². The Hall–Kier alpha value is -2.07. The van der Waals surface area contributed by atoms with Crippen LogP contribution >= 0.6 is 7.82 Å². The van der Waals surface area contributed by atoms with Crippen LogP contribution in [0.5, 0.6) is 0 Å². The molecule has 0 aromatic rings. The van der Waals surface area contributed by atoms with E-state index in [9.17, 15) is 24.2 Å². The number of phosphoric ester groups is 1. The van der Waals surface area contributed by atoms with Crippen LogP contribution in [-0.2, 0) is 32.7 Å². The topological polar surface area (TPSA) is 155 Å². The first-order chi connectivity index (χ1) is 24.7. The molecule has 0 aromatic carbocycles. The van der Waals surface area contributed by atoms with Crippen molar-refractivity contribution in [3.8, 4) is 0 Å². The minimum absolute atomic E-state index is 0.0382. The summed E-state index contributed by atoms with van der Waals surface area (Å²) < 4.78 is 32.6. The van der Waals surface area contributed by atoms with E-state index in [-0.39, 0.29) is 38.7 Å². The maximum atomic E-state index is 12.5. The Kier molecular flexibility index (Phi) is 34.8. The van der Waals surface area contributed by atoms with Crippen LogP contribution in [0.1, 0.15) is 155 Å². The lowest BCUT2D eigenvalue weighted by atomic mass is 10.0. The van der Waals surface area contributed by atoms with Gasteiger partial charge in [-0.2, -0.15) is 0 Å². The molecule has 0 fully saturated rings. The highest BCUT2D eigenvalue weighted by Gasteiger charge is 2.25. The number of esters is 2. The van der Waals surface area contributed by atoms with Crippen LogP contribution in [0.2, 0.25) is 0 Å². The molecule has 0 bridgehead atoms. The van der Waals surface area contributed by atoms with Crippen molar-refractivity contribution in [1.29, 1.82) is 0 Å². The Bertz CT molecular complexity index is 998. The molecule has 51 heavy (non-hydrogen) atoms. The van der Waals surface area contributed by atoms with Crippen molar-refractivity contribution in [3.05, 3.63) is 48.6 Å². The first-order valence-electron chi connectivity index (χ1n) is 19.7. The number of ether oxygens (including phenoxy) is 2. The number of phosphoric acid groups is 1. The predicted octanol–water partition coefficient (Wildman–Crippen LogP) is 9.74. The summed E-state index contributed by atoms with van der Waals surface area (Å²) in [5.74, 6) is -0.915. The fourth-order valence-electron chi connectivity index (χ4n) is 5.02. The molecule has 1 unspecified atom stereocenters. The highest BCUT2D eigenvalue weighted by molar-refractivity contribution is 7.47. The van der Waals surface area contributed by atoms with E-state index >= 15 is 0 Å². The second kappa shape index (κ2) is 36.3. The highest BCUT2D eigenvalue weighted by atomic mass is 31.2. The maximum Gasteiger partial charge on any atom is 0.472 e. The number of unbranched alkanes of at least 4 members (excludes halogenated alkanes) is 12. The second-order valence-corrected chi connectivity index (χ2v) is 14.4. The Balaban J connectivity index is 4.33. The third-order valence-corrected chi connectivity index (χ3v) is 9.12. The van der Waals surface area contributed by atoms with Crippen molar-refractivity contribution < 1.29 is 42.7 Å². The maximum absolute atomic E-state index is 12.5. The number of hydrogen-bond donors (Lipinski definition) is 3. The van der Waals surface area contributed by atoms with E-state index in [4.69, 9.17) is 24.3 Å². The molecule has 0 saturated heterocycles. The Morgan fingerprint density at radius 2 is 1.18 bits per heavy atom. The summed E-state index contributed by atoms with van der Waals surface area (Å²) in [6, 6.07) is 0. The molecule has 296 valence electrons. The summed E-state index contributed by atoms with van der Waals surface area (Å²) in [5.41, 5.74) is 5.32. The van der Waals surface area contributed by atoms with E-state index < -0.39 is 32.5 Å². The van der Waals surface area contributed by atoms with Gasteiger partial charge in [-0.3, -0.25) is 18.6 Å². The molecule has 0 saturated carbocycles. The van der Waals surface area contributed by atoms with Gasteiger partial charge in [-0.15, -0.1) is 0 Å². The number of aliphatic hydroxyl groups is 1. The molecule has 4 N–H and O–H groups in total. The quantitative estimate of drug-likeness (QED) is 0.0245. The van der Waals surface area contributed by atoms with Crippen molar-refractivity contribution in [2.24, 2.45) is 5.73 Å².